The molecule has 32 heavy (non-hydrogen) atoms. The van der Waals surface area contributed by atoms with E-state index in [4.69, 9.17) is 0 Å². The molecule has 8 heteroatoms. The second kappa shape index (κ2) is 10.8. The number of anilines is 1. The standard InChI is InChI=1S/C24H31N7.HI/c1-18-6-5-7-22(19(18)2)29-12-14-30(15-13-29)24(25-4)28-17-21-8-9-23(27-16-21)31-11-10-26-20(31)3;/h5-11,16H,12-15,17H2,1-4H3,(H,25,28);1H. The third-order valence-electron chi connectivity index (χ3n) is 6.04. The topological polar surface area (TPSA) is 61.6 Å². The van der Waals surface area contributed by atoms with Gasteiger partial charge in [0.2, 0.25) is 0 Å². The van der Waals surface area contributed by atoms with E-state index in [1.165, 1.54) is 16.8 Å². The maximum Gasteiger partial charge on any atom is 0.194 e. The molecule has 3 heterocycles. The average molecular weight is 545 g/mol. The van der Waals surface area contributed by atoms with Gasteiger partial charge in [-0.15, -0.1) is 24.0 Å². The van der Waals surface area contributed by atoms with Crippen molar-refractivity contribution in [2.75, 3.05) is 38.1 Å². The summed E-state index contributed by atoms with van der Waals surface area (Å²) in [4.78, 5) is 18.2. The Morgan fingerprint density at radius 1 is 1.03 bits per heavy atom. The molecule has 0 amide bonds. The lowest BCUT2D eigenvalue weighted by Gasteiger charge is -2.38. The zero-order valence-electron chi connectivity index (χ0n) is 19.2. The van der Waals surface area contributed by atoms with Crippen LogP contribution < -0.4 is 10.2 Å². The van der Waals surface area contributed by atoms with Gasteiger partial charge in [-0.05, 0) is 49.6 Å². The van der Waals surface area contributed by atoms with Crippen molar-refractivity contribution in [1.82, 2.24) is 24.8 Å². The van der Waals surface area contributed by atoms with Crippen LogP contribution in [-0.4, -0.2) is 58.6 Å². The maximum atomic E-state index is 4.58. The second-order valence-corrected chi connectivity index (χ2v) is 7.96. The van der Waals surface area contributed by atoms with E-state index in [1.54, 1.807) is 6.20 Å². The van der Waals surface area contributed by atoms with Crippen molar-refractivity contribution in [1.29, 1.82) is 0 Å². The van der Waals surface area contributed by atoms with Gasteiger partial charge in [0.15, 0.2) is 5.96 Å². The number of aryl methyl sites for hydroxylation is 2. The molecule has 0 spiro atoms. The molecule has 2 aromatic heterocycles. The number of nitrogens with zero attached hydrogens (tertiary/aromatic N) is 6. The predicted molar refractivity (Wildman–Crippen MR) is 141 cm³/mol. The summed E-state index contributed by atoms with van der Waals surface area (Å²) in [6.07, 6.45) is 5.62. The van der Waals surface area contributed by atoms with Crippen LogP contribution in [0.1, 0.15) is 22.5 Å². The number of rotatable bonds is 4. The van der Waals surface area contributed by atoms with Crippen LogP contribution >= 0.6 is 24.0 Å². The van der Waals surface area contributed by atoms with Crippen LogP contribution in [0.3, 0.4) is 0 Å². The Labute approximate surface area is 207 Å². The van der Waals surface area contributed by atoms with Gasteiger partial charge in [0.1, 0.15) is 11.6 Å². The molecule has 170 valence electrons. The number of hydrogen-bond donors (Lipinski definition) is 1. The van der Waals surface area contributed by atoms with Crippen molar-refractivity contribution in [3.63, 3.8) is 0 Å². The van der Waals surface area contributed by atoms with Crippen molar-refractivity contribution >= 4 is 35.6 Å². The minimum Gasteiger partial charge on any atom is -0.368 e. The molecule has 0 unspecified atom stereocenters. The van der Waals surface area contributed by atoms with Gasteiger partial charge in [0.05, 0.1) is 0 Å². The number of halogens is 1. The van der Waals surface area contributed by atoms with Crippen molar-refractivity contribution in [3.8, 4) is 5.82 Å². The molecule has 7 nitrogen and oxygen atoms in total. The molecular weight excluding hydrogens is 513 g/mol. The number of benzene rings is 1. The molecule has 3 aromatic rings. The van der Waals surface area contributed by atoms with E-state index >= 15 is 0 Å². The Balaban J connectivity index is 0.00000289. The number of piperazine rings is 1. The number of guanidine groups is 1. The van der Waals surface area contributed by atoms with Crippen LogP contribution in [0.5, 0.6) is 0 Å². The summed E-state index contributed by atoms with van der Waals surface area (Å²) in [5.41, 5.74) is 5.19. The summed E-state index contributed by atoms with van der Waals surface area (Å²) in [5, 5.41) is 3.49. The van der Waals surface area contributed by atoms with Gasteiger partial charge >= 0.3 is 0 Å². The minimum atomic E-state index is 0. The van der Waals surface area contributed by atoms with Gasteiger partial charge in [-0.2, -0.15) is 0 Å². The van der Waals surface area contributed by atoms with Crippen LogP contribution in [0, 0.1) is 20.8 Å². The van der Waals surface area contributed by atoms with Crippen LogP contribution in [0.2, 0.25) is 0 Å². The second-order valence-electron chi connectivity index (χ2n) is 7.96. The highest BCUT2D eigenvalue weighted by Crippen LogP contribution is 2.23. The van der Waals surface area contributed by atoms with Gasteiger partial charge in [-0.1, -0.05) is 18.2 Å². The van der Waals surface area contributed by atoms with Gasteiger partial charge in [-0.3, -0.25) is 9.56 Å². The number of aliphatic imine (C=N–C) groups is 1. The fourth-order valence-electron chi connectivity index (χ4n) is 4.03. The molecule has 0 aliphatic carbocycles. The smallest absolute Gasteiger partial charge is 0.194 e. The molecule has 1 saturated heterocycles. The van der Waals surface area contributed by atoms with Gasteiger partial charge < -0.3 is 15.1 Å². The van der Waals surface area contributed by atoms with Gasteiger partial charge in [-0.25, -0.2) is 9.97 Å². The summed E-state index contributed by atoms with van der Waals surface area (Å²) in [5.74, 6) is 2.75. The summed E-state index contributed by atoms with van der Waals surface area (Å²) in [6.45, 7) is 10.9. The molecule has 0 radical (unpaired) electrons. The SMILES string of the molecule is CN=C(NCc1ccc(-n2ccnc2C)nc1)N1CCN(c2cccc(C)c2C)CC1.I. The number of nitrogens with one attached hydrogen (secondary N) is 1. The normalized spacial score (nSPS) is 14.3. The molecule has 0 saturated carbocycles. The van der Waals surface area contributed by atoms with E-state index in [-0.39, 0.29) is 24.0 Å². The van der Waals surface area contributed by atoms with Crippen LogP contribution in [0.4, 0.5) is 5.69 Å². The Hall–Kier alpha value is -2.62. The van der Waals surface area contributed by atoms with E-state index in [0.717, 1.165) is 49.3 Å². The molecule has 0 atom stereocenters. The number of hydrogen-bond acceptors (Lipinski definition) is 4. The highest BCUT2D eigenvalue weighted by atomic mass is 127. The molecule has 4 rings (SSSR count). The maximum absolute atomic E-state index is 4.58. The first-order valence-corrected chi connectivity index (χ1v) is 10.8. The van der Waals surface area contributed by atoms with Crippen LogP contribution in [-0.2, 0) is 6.54 Å². The average Bonchev–Trinajstić information content (AvgIpc) is 3.23. The van der Waals surface area contributed by atoms with Gasteiger partial charge in [0, 0.05) is 64.0 Å². The zero-order valence-corrected chi connectivity index (χ0v) is 21.6. The van der Waals surface area contributed by atoms with E-state index < -0.39 is 0 Å². The molecular formula is C24H32IN7. The van der Waals surface area contributed by atoms with Crippen molar-refractivity contribution in [3.05, 3.63) is 71.4 Å². The quantitative estimate of drug-likeness (QED) is 0.308. The Morgan fingerprint density at radius 2 is 1.81 bits per heavy atom. The first kappa shape index (κ1) is 24.0. The summed E-state index contributed by atoms with van der Waals surface area (Å²) < 4.78 is 1.98. The van der Waals surface area contributed by atoms with Gasteiger partial charge in [0.25, 0.3) is 0 Å². The van der Waals surface area contributed by atoms with Crippen molar-refractivity contribution in [2.24, 2.45) is 4.99 Å². The predicted octanol–water partition coefficient (Wildman–Crippen LogP) is 3.71. The number of aromatic nitrogens is 3. The first-order valence-electron chi connectivity index (χ1n) is 10.8. The van der Waals surface area contributed by atoms with E-state index in [1.807, 2.05) is 37.0 Å². The highest BCUT2D eigenvalue weighted by Gasteiger charge is 2.21. The number of pyridine rings is 1. The van der Waals surface area contributed by atoms with Crippen LogP contribution in [0.15, 0.2) is 53.9 Å². The molecule has 1 N–H and O–H groups in total. The summed E-state index contributed by atoms with van der Waals surface area (Å²) >= 11 is 0. The fourth-order valence-corrected chi connectivity index (χ4v) is 4.03. The van der Waals surface area contributed by atoms with Crippen LogP contribution in [0.25, 0.3) is 5.82 Å². The Kier molecular flexibility index (Phi) is 8.11. The molecule has 1 aromatic carbocycles. The molecule has 0 bridgehead atoms. The Morgan fingerprint density at radius 3 is 2.44 bits per heavy atom. The highest BCUT2D eigenvalue weighted by molar-refractivity contribution is 14.0. The third kappa shape index (κ3) is 5.23. The Bertz CT molecular complexity index is 1050. The lowest BCUT2D eigenvalue weighted by molar-refractivity contribution is 0.372. The molecule has 1 aliphatic heterocycles. The minimum absolute atomic E-state index is 0. The largest absolute Gasteiger partial charge is 0.368 e. The lowest BCUT2D eigenvalue weighted by atomic mass is 10.1. The monoisotopic (exact) mass is 545 g/mol. The van der Waals surface area contributed by atoms with E-state index in [0.29, 0.717) is 6.54 Å². The van der Waals surface area contributed by atoms with Crippen molar-refractivity contribution < 1.29 is 0 Å². The van der Waals surface area contributed by atoms with E-state index in [9.17, 15) is 0 Å². The fraction of sp³-hybridized carbons (Fsp3) is 0.375. The van der Waals surface area contributed by atoms with E-state index in [2.05, 4.69) is 68.2 Å². The number of imidazole rings is 1. The zero-order chi connectivity index (χ0) is 21.8. The molecule has 1 fully saturated rings. The lowest BCUT2D eigenvalue weighted by Crippen LogP contribution is -2.52. The summed E-state index contributed by atoms with van der Waals surface area (Å²) in [6, 6.07) is 10.7. The molecule has 1 aliphatic rings. The summed E-state index contributed by atoms with van der Waals surface area (Å²) in [7, 11) is 1.85. The third-order valence-corrected chi connectivity index (χ3v) is 6.04. The first-order chi connectivity index (χ1) is 15.1. The van der Waals surface area contributed by atoms with Crippen molar-refractivity contribution in [2.45, 2.75) is 27.3 Å².